The summed E-state index contributed by atoms with van der Waals surface area (Å²) in [5, 5.41) is 12.7. The van der Waals surface area contributed by atoms with Crippen molar-refractivity contribution in [2.24, 2.45) is 0 Å². The number of allylic oxidation sites excluding steroid dienone is 1. The predicted molar refractivity (Wildman–Crippen MR) is 107 cm³/mol. The van der Waals surface area contributed by atoms with E-state index in [4.69, 9.17) is 16.3 Å². The molecule has 1 aliphatic heterocycles. The van der Waals surface area contributed by atoms with E-state index in [1.807, 2.05) is 10.6 Å². The average molecular weight is 408 g/mol. The minimum Gasteiger partial charge on any atom is -0.379 e. The molecule has 144 valence electrons. The molecule has 0 bridgehead atoms. The first-order chi connectivity index (χ1) is 13.2. The van der Waals surface area contributed by atoms with Gasteiger partial charge >= 0.3 is 0 Å². The van der Waals surface area contributed by atoms with Gasteiger partial charge in [-0.1, -0.05) is 35.5 Å². The highest BCUT2D eigenvalue weighted by Crippen LogP contribution is 2.20. The van der Waals surface area contributed by atoms with Crippen molar-refractivity contribution in [1.29, 1.82) is 0 Å². The van der Waals surface area contributed by atoms with E-state index in [9.17, 15) is 4.79 Å². The maximum absolute atomic E-state index is 12.2. The number of halogens is 1. The molecule has 0 aliphatic carbocycles. The third kappa shape index (κ3) is 5.80. The predicted octanol–water partition coefficient (Wildman–Crippen LogP) is 2.68. The Morgan fingerprint density at radius 1 is 1.37 bits per heavy atom. The summed E-state index contributed by atoms with van der Waals surface area (Å²) < 4.78 is 7.38. The van der Waals surface area contributed by atoms with Gasteiger partial charge in [0.1, 0.15) is 5.82 Å². The molecule has 1 amide bonds. The molecule has 2 aromatic rings. The zero-order chi connectivity index (χ0) is 19.1. The minimum atomic E-state index is -0.120. The molecule has 1 aliphatic rings. The van der Waals surface area contributed by atoms with Crippen LogP contribution in [0.1, 0.15) is 5.82 Å². The number of thioether (sulfide) groups is 1. The fourth-order valence-corrected chi connectivity index (χ4v) is 3.66. The van der Waals surface area contributed by atoms with Crippen LogP contribution in [0, 0.1) is 0 Å². The number of amides is 1. The van der Waals surface area contributed by atoms with Crippen molar-refractivity contribution in [2.75, 3.05) is 37.4 Å². The van der Waals surface area contributed by atoms with E-state index in [2.05, 4.69) is 27.0 Å². The third-order valence-electron chi connectivity index (χ3n) is 4.01. The van der Waals surface area contributed by atoms with Gasteiger partial charge in [-0.15, -0.1) is 16.8 Å². The second kappa shape index (κ2) is 9.89. The molecule has 1 aromatic heterocycles. The molecule has 0 unspecified atom stereocenters. The van der Waals surface area contributed by atoms with E-state index in [-0.39, 0.29) is 11.7 Å². The summed E-state index contributed by atoms with van der Waals surface area (Å²) in [6.07, 6.45) is 1.81. The van der Waals surface area contributed by atoms with E-state index in [1.165, 1.54) is 11.8 Å². The van der Waals surface area contributed by atoms with Gasteiger partial charge in [0.15, 0.2) is 5.16 Å². The second-order valence-electron chi connectivity index (χ2n) is 6.03. The van der Waals surface area contributed by atoms with Crippen molar-refractivity contribution in [3.8, 4) is 0 Å². The normalized spacial score (nSPS) is 14.9. The lowest BCUT2D eigenvalue weighted by atomic mass is 10.3. The largest absolute Gasteiger partial charge is 0.379 e. The van der Waals surface area contributed by atoms with Crippen molar-refractivity contribution < 1.29 is 9.53 Å². The highest BCUT2D eigenvalue weighted by Gasteiger charge is 2.18. The van der Waals surface area contributed by atoms with Gasteiger partial charge in [0.2, 0.25) is 5.91 Å². The topological polar surface area (TPSA) is 72.3 Å². The Kier molecular flexibility index (Phi) is 7.28. The molecule has 0 atom stereocenters. The van der Waals surface area contributed by atoms with Crippen molar-refractivity contribution in [3.05, 3.63) is 47.8 Å². The Morgan fingerprint density at radius 2 is 2.19 bits per heavy atom. The van der Waals surface area contributed by atoms with Gasteiger partial charge in [0, 0.05) is 30.3 Å². The van der Waals surface area contributed by atoms with Crippen molar-refractivity contribution in [1.82, 2.24) is 19.7 Å². The number of morpholine rings is 1. The summed E-state index contributed by atoms with van der Waals surface area (Å²) in [6.45, 7) is 8.36. The number of carbonyl (C=O) groups is 1. The number of hydrogen-bond donors (Lipinski definition) is 1. The molecule has 1 N–H and O–H groups in total. The number of carbonyl (C=O) groups excluding carboxylic acids is 1. The lowest BCUT2D eigenvalue weighted by molar-refractivity contribution is -0.113. The number of nitrogens with one attached hydrogen (secondary N) is 1. The van der Waals surface area contributed by atoms with E-state index >= 15 is 0 Å². The lowest BCUT2D eigenvalue weighted by Gasteiger charge is -2.26. The Labute approximate surface area is 167 Å². The standard InChI is InChI=1S/C18H22ClN5O2S/c1-2-6-24-16(12-23-7-9-26-10-8-23)21-22-18(24)27-13-17(25)20-15-5-3-4-14(19)11-15/h2-5,11H,1,6-10,12-13H2,(H,20,25). The Hall–Kier alpha value is -1.87. The molecular formula is C18H22ClN5O2S. The molecule has 1 fully saturated rings. The second-order valence-corrected chi connectivity index (χ2v) is 7.41. The first kappa shape index (κ1) is 19.9. The zero-order valence-corrected chi connectivity index (χ0v) is 16.5. The Balaban J connectivity index is 1.60. The van der Waals surface area contributed by atoms with Gasteiger partial charge in [0.05, 0.1) is 25.5 Å². The molecule has 2 heterocycles. The maximum atomic E-state index is 12.2. The summed E-state index contributed by atoms with van der Waals surface area (Å²) in [7, 11) is 0. The fraction of sp³-hybridized carbons (Fsp3) is 0.389. The van der Waals surface area contributed by atoms with Crippen LogP contribution in [0.4, 0.5) is 5.69 Å². The van der Waals surface area contributed by atoms with Crippen LogP contribution in [-0.2, 0) is 22.6 Å². The lowest BCUT2D eigenvalue weighted by Crippen LogP contribution is -2.36. The van der Waals surface area contributed by atoms with Gasteiger partial charge in [-0.3, -0.25) is 9.69 Å². The van der Waals surface area contributed by atoms with Gasteiger partial charge in [-0.05, 0) is 18.2 Å². The molecule has 27 heavy (non-hydrogen) atoms. The Morgan fingerprint density at radius 3 is 2.93 bits per heavy atom. The number of rotatable bonds is 8. The monoisotopic (exact) mass is 407 g/mol. The van der Waals surface area contributed by atoms with Gasteiger partial charge < -0.3 is 14.6 Å². The molecule has 9 heteroatoms. The quantitative estimate of drug-likeness (QED) is 0.535. The first-order valence-electron chi connectivity index (χ1n) is 8.67. The zero-order valence-electron chi connectivity index (χ0n) is 14.9. The summed E-state index contributed by atoms with van der Waals surface area (Å²) in [5.41, 5.74) is 0.675. The first-order valence-corrected chi connectivity index (χ1v) is 10.0. The van der Waals surface area contributed by atoms with Crippen molar-refractivity contribution in [3.63, 3.8) is 0 Å². The van der Waals surface area contributed by atoms with Crippen LogP contribution < -0.4 is 5.32 Å². The number of benzene rings is 1. The third-order valence-corrected chi connectivity index (χ3v) is 5.22. The van der Waals surface area contributed by atoms with Gasteiger partial charge in [-0.25, -0.2) is 0 Å². The minimum absolute atomic E-state index is 0.120. The van der Waals surface area contributed by atoms with E-state index < -0.39 is 0 Å². The molecule has 0 saturated carbocycles. The van der Waals surface area contributed by atoms with Crippen molar-refractivity contribution in [2.45, 2.75) is 18.2 Å². The average Bonchev–Trinajstić information content (AvgIpc) is 3.03. The van der Waals surface area contributed by atoms with Crippen LogP contribution in [0.15, 0.2) is 42.1 Å². The highest BCUT2D eigenvalue weighted by molar-refractivity contribution is 7.99. The van der Waals surface area contributed by atoms with Gasteiger partial charge in [-0.2, -0.15) is 0 Å². The Bertz CT molecular complexity index is 792. The molecule has 0 spiro atoms. The summed E-state index contributed by atoms with van der Waals surface area (Å²) >= 11 is 7.29. The number of aromatic nitrogens is 3. The molecule has 1 aromatic carbocycles. The number of anilines is 1. The summed E-state index contributed by atoms with van der Waals surface area (Å²) in [5.74, 6) is 0.985. The van der Waals surface area contributed by atoms with E-state index in [0.29, 0.717) is 29.0 Å². The van der Waals surface area contributed by atoms with E-state index in [0.717, 1.165) is 32.1 Å². The van der Waals surface area contributed by atoms with E-state index in [1.54, 1.807) is 24.3 Å². The molecule has 3 rings (SSSR count). The van der Waals surface area contributed by atoms with Crippen LogP contribution in [0.3, 0.4) is 0 Å². The van der Waals surface area contributed by atoms with Crippen LogP contribution >= 0.6 is 23.4 Å². The van der Waals surface area contributed by atoms with Crippen LogP contribution in [0.25, 0.3) is 0 Å². The van der Waals surface area contributed by atoms with Gasteiger partial charge in [0.25, 0.3) is 0 Å². The number of ether oxygens (including phenoxy) is 1. The van der Waals surface area contributed by atoms with Crippen molar-refractivity contribution >= 4 is 35.0 Å². The SMILES string of the molecule is C=CCn1c(CN2CCOCC2)nnc1SCC(=O)Nc1cccc(Cl)c1. The molecule has 1 saturated heterocycles. The molecule has 0 radical (unpaired) electrons. The number of hydrogen-bond acceptors (Lipinski definition) is 6. The molecular weight excluding hydrogens is 386 g/mol. The van der Waals surface area contributed by atoms with Crippen LogP contribution in [-0.4, -0.2) is 57.6 Å². The maximum Gasteiger partial charge on any atom is 0.234 e. The van der Waals surface area contributed by atoms with Crippen LogP contribution in [0.2, 0.25) is 5.02 Å². The smallest absolute Gasteiger partial charge is 0.234 e. The summed E-state index contributed by atoms with van der Waals surface area (Å²) in [6, 6.07) is 7.07. The number of nitrogens with zero attached hydrogens (tertiary/aromatic N) is 4. The fourth-order valence-electron chi connectivity index (χ4n) is 2.71. The van der Waals surface area contributed by atoms with Crippen LogP contribution in [0.5, 0.6) is 0 Å². The summed E-state index contributed by atoms with van der Waals surface area (Å²) in [4.78, 5) is 14.5. The highest BCUT2D eigenvalue weighted by atomic mass is 35.5. The molecule has 7 nitrogen and oxygen atoms in total.